The normalized spacial score (nSPS) is 16.5. The van der Waals surface area contributed by atoms with Gasteiger partial charge in [-0.1, -0.05) is 26.8 Å². The molecule has 1 fully saturated rings. The zero-order chi connectivity index (χ0) is 27.7. The molecule has 0 saturated carbocycles. The van der Waals surface area contributed by atoms with Crippen LogP contribution in [-0.4, -0.2) is 45.1 Å². The first kappa shape index (κ1) is 28.0. The molecule has 2 aromatic heterocycles. The van der Waals surface area contributed by atoms with E-state index in [0.29, 0.717) is 24.3 Å². The van der Waals surface area contributed by atoms with Crippen LogP contribution in [0.2, 0.25) is 18.1 Å². The highest BCUT2D eigenvalue weighted by molar-refractivity contribution is 7.91. The number of nitrogens with one attached hydrogen (secondary N) is 1. The molecule has 0 bridgehead atoms. The van der Waals surface area contributed by atoms with Gasteiger partial charge in [0.2, 0.25) is 14.2 Å². The standard InChI is InChI=1S/C27H32N4O4S2Si/c1-27(2,3)38(4,5)35-23-9-8-19(16-28)15-21(23)18-31-14-12-22(26(31)32)30-37(33,34)25-11-10-24(36-25)20-7-6-13-29-17-20/h6-11,13,15,17,22,30H,12,14,18H2,1-5H3/t22-/m0/s1. The van der Waals surface area contributed by atoms with Gasteiger partial charge in [0.1, 0.15) is 16.0 Å². The third-order valence-corrected chi connectivity index (χ3v) is 14.5. The molecular formula is C27H32N4O4S2Si. The van der Waals surface area contributed by atoms with Crippen molar-refractivity contribution >= 4 is 35.6 Å². The number of pyridine rings is 1. The Morgan fingerprint density at radius 1 is 1.24 bits per heavy atom. The second-order valence-corrected chi connectivity index (χ2v) is 18.6. The Kier molecular flexibility index (Phi) is 7.81. The largest absolute Gasteiger partial charge is 0.543 e. The molecule has 8 nitrogen and oxygen atoms in total. The Hall–Kier alpha value is -3.04. The fourth-order valence-corrected chi connectivity index (χ4v) is 7.48. The molecule has 0 unspecified atom stereocenters. The highest BCUT2D eigenvalue weighted by atomic mass is 32.2. The van der Waals surface area contributed by atoms with Crippen molar-refractivity contribution < 1.29 is 17.6 Å². The Morgan fingerprint density at radius 3 is 2.66 bits per heavy atom. The molecule has 1 saturated heterocycles. The molecule has 1 amide bonds. The van der Waals surface area contributed by atoms with E-state index >= 15 is 0 Å². The first-order chi connectivity index (χ1) is 17.8. The minimum atomic E-state index is -3.88. The lowest BCUT2D eigenvalue weighted by atomic mass is 10.1. The van der Waals surface area contributed by atoms with Crippen molar-refractivity contribution in [3.05, 3.63) is 66.0 Å². The smallest absolute Gasteiger partial charge is 0.250 e. The summed E-state index contributed by atoms with van der Waals surface area (Å²) in [5.74, 6) is 0.368. The van der Waals surface area contributed by atoms with Crippen LogP contribution in [-0.2, 0) is 21.4 Å². The highest BCUT2D eigenvalue weighted by Crippen LogP contribution is 2.39. The fourth-order valence-electron chi connectivity index (χ4n) is 3.88. The summed E-state index contributed by atoms with van der Waals surface area (Å²) in [4.78, 5) is 19.7. The Balaban J connectivity index is 1.49. The third-order valence-electron chi connectivity index (χ3n) is 7.11. The van der Waals surface area contributed by atoms with E-state index in [1.165, 1.54) is 0 Å². The number of nitrogens with zero attached hydrogens (tertiary/aromatic N) is 3. The molecule has 0 aliphatic carbocycles. The quantitative estimate of drug-likeness (QED) is 0.376. The number of rotatable bonds is 8. The number of aromatic nitrogens is 1. The molecule has 1 aliphatic rings. The van der Waals surface area contributed by atoms with Gasteiger partial charge >= 0.3 is 0 Å². The van der Waals surface area contributed by atoms with Crippen LogP contribution in [0.4, 0.5) is 0 Å². The number of carbonyl (C=O) groups excluding carboxylic acids is 1. The van der Waals surface area contributed by atoms with Crippen LogP contribution in [0.5, 0.6) is 5.75 Å². The maximum Gasteiger partial charge on any atom is 0.250 e. The first-order valence-corrected chi connectivity index (χ1v) is 17.5. The highest BCUT2D eigenvalue weighted by Gasteiger charge is 2.40. The van der Waals surface area contributed by atoms with E-state index in [1.807, 2.05) is 6.07 Å². The number of thiophene rings is 1. The van der Waals surface area contributed by atoms with Crippen LogP contribution in [0.25, 0.3) is 10.4 Å². The summed E-state index contributed by atoms with van der Waals surface area (Å²) in [7, 11) is -6.04. The number of amides is 1. The summed E-state index contributed by atoms with van der Waals surface area (Å²) in [6, 6.07) is 13.5. The molecule has 11 heteroatoms. The van der Waals surface area contributed by atoms with Gasteiger partial charge in [-0.3, -0.25) is 9.78 Å². The van der Waals surface area contributed by atoms with Gasteiger partial charge in [-0.2, -0.15) is 9.98 Å². The van der Waals surface area contributed by atoms with E-state index in [2.05, 4.69) is 49.6 Å². The summed E-state index contributed by atoms with van der Waals surface area (Å²) < 4.78 is 35.5. The number of nitriles is 1. The average Bonchev–Trinajstić information content (AvgIpc) is 3.49. The fraction of sp³-hybridized carbons (Fsp3) is 0.370. The lowest BCUT2D eigenvalue weighted by molar-refractivity contribution is -0.129. The van der Waals surface area contributed by atoms with E-state index in [1.54, 1.807) is 53.7 Å². The summed E-state index contributed by atoms with van der Waals surface area (Å²) in [5, 5.41) is 9.41. The molecule has 1 aliphatic heterocycles. The maximum absolute atomic E-state index is 13.3. The molecule has 0 spiro atoms. The second kappa shape index (κ2) is 10.6. The monoisotopic (exact) mass is 568 g/mol. The Morgan fingerprint density at radius 2 is 2.00 bits per heavy atom. The van der Waals surface area contributed by atoms with Gasteiger partial charge in [0, 0.05) is 41.5 Å². The number of benzene rings is 1. The topological polar surface area (TPSA) is 112 Å². The number of carbonyl (C=O) groups is 1. The van der Waals surface area contributed by atoms with Gasteiger partial charge in [0.25, 0.3) is 10.0 Å². The zero-order valence-electron chi connectivity index (χ0n) is 22.2. The van der Waals surface area contributed by atoms with Crippen molar-refractivity contribution in [1.29, 1.82) is 5.26 Å². The zero-order valence-corrected chi connectivity index (χ0v) is 24.8. The summed E-state index contributed by atoms with van der Waals surface area (Å²) in [6.45, 7) is 11.4. The van der Waals surface area contributed by atoms with Crippen molar-refractivity contribution in [3.8, 4) is 22.3 Å². The van der Waals surface area contributed by atoms with Crippen LogP contribution in [0.1, 0.15) is 38.3 Å². The van der Waals surface area contributed by atoms with Crippen molar-refractivity contribution in [3.63, 3.8) is 0 Å². The van der Waals surface area contributed by atoms with E-state index in [0.717, 1.165) is 27.3 Å². The molecule has 1 atom stereocenters. The predicted octanol–water partition coefficient (Wildman–Crippen LogP) is 5.15. The van der Waals surface area contributed by atoms with E-state index < -0.39 is 24.4 Å². The number of hydrogen-bond donors (Lipinski definition) is 1. The molecule has 1 aromatic carbocycles. The van der Waals surface area contributed by atoms with Gasteiger partial charge < -0.3 is 9.33 Å². The van der Waals surface area contributed by atoms with Crippen LogP contribution in [0.3, 0.4) is 0 Å². The van der Waals surface area contributed by atoms with Crippen molar-refractivity contribution in [1.82, 2.24) is 14.6 Å². The second-order valence-electron chi connectivity index (χ2n) is 10.9. The van der Waals surface area contributed by atoms with Crippen molar-refractivity contribution in [2.75, 3.05) is 6.54 Å². The lowest BCUT2D eigenvalue weighted by Crippen LogP contribution is -2.44. The summed E-state index contributed by atoms with van der Waals surface area (Å²) in [6.07, 6.45) is 3.69. The molecular weight excluding hydrogens is 537 g/mol. The first-order valence-electron chi connectivity index (χ1n) is 12.3. The number of hydrogen-bond acceptors (Lipinski definition) is 7. The van der Waals surface area contributed by atoms with Crippen LogP contribution < -0.4 is 9.15 Å². The van der Waals surface area contributed by atoms with E-state index in [9.17, 15) is 18.5 Å². The molecule has 3 aromatic rings. The SMILES string of the molecule is CC(C)(C)[Si](C)(C)Oc1ccc(C#N)cc1CN1CC[C@H](NS(=O)(=O)c2ccc(-c3cccnc3)s2)C1=O. The van der Waals surface area contributed by atoms with Crippen molar-refractivity contribution in [2.45, 2.75) is 62.1 Å². The summed E-state index contributed by atoms with van der Waals surface area (Å²) >= 11 is 1.14. The average molecular weight is 569 g/mol. The van der Waals surface area contributed by atoms with Crippen LogP contribution >= 0.6 is 11.3 Å². The van der Waals surface area contributed by atoms with E-state index in [4.69, 9.17) is 4.43 Å². The Labute approximate surface area is 229 Å². The van der Waals surface area contributed by atoms with Crippen LogP contribution in [0.15, 0.2) is 59.1 Å². The molecule has 38 heavy (non-hydrogen) atoms. The minimum Gasteiger partial charge on any atom is -0.543 e. The van der Waals surface area contributed by atoms with Gasteiger partial charge in [-0.25, -0.2) is 8.42 Å². The predicted molar refractivity (Wildman–Crippen MR) is 151 cm³/mol. The number of likely N-dealkylation sites (tertiary alicyclic amines) is 1. The minimum absolute atomic E-state index is 0.0241. The lowest BCUT2D eigenvalue weighted by Gasteiger charge is -2.37. The molecule has 3 heterocycles. The van der Waals surface area contributed by atoms with Crippen LogP contribution in [0, 0.1) is 11.3 Å². The maximum atomic E-state index is 13.3. The van der Waals surface area contributed by atoms with Crippen molar-refractivity contribution in [2.24, 2.45) is 0 Å². The summed E-state index contributed by atoms with van der Waals surface area (Å²) in [5.41, 5.74) is 2.05. The van der Waals surface area contributed by atoms with Gasteiger partial charge in [0.05, 0.1) is 11.6 Å². The Bertz CT molecular complexity index is 1470. The van der Waals surface area contributed by atoms with Gasteiger partial charge in [0.15, 0.2) is 0 Å². The molecule has 1 N–H and O–H groups in total. The molecule has 200 valence electrons. The third kappa shape index (κ3) is 5.99. The molecule has 0 radical (unpaired) electrons. The molecule has 4 rings (SSSR count). The van der Waals surface area contributed by atoms with Gasteiger partial charge in [-0.05, 0) is 61.0 Å². The number of sulfonamides is 1. The van der Waals surface area contributed by atoms with Gasteiger partial charge in [-0.15, -0.1) is 11.3 Å². The van der Waals surface area contributed by atoms with E-state index in [-0.39, 0.29) is 21.7 Å².